The molecule has 3 N–H and O–H groups in total. The molecule has 2 heterocycles. The minimum atomic E-state index is -0.340. The highest BCUT2D eigenvalue weighted by molar-refractivity contribution is 7.14. The average molecular weight is 294 g/mol. The molecule has 2 aliphatic rings. The fraction of sp³-hybridized carbons (Fsp3) is 0.667. The second-order valence-corrected chi connectivity index (χ2v) is 7.24. The van der Waals surface area contributed by atoms with Crippen molar-refractivity contribution in [3.05, 3.63) is 21.4 Å². The molecular weight excluding hydrogens is 272 g/mol. The first kappa shape index (κ1) is 14.0. The summed E-state index contributed by atoms with van der Waals surface area (Å²) in [6.07, 6.45) is 3.10. The highest BCUT2D eigenvalue weighted by Crippen LogP contribution is 2.32. The number of hydrogen-bond donors (Lipinski definition) is 3. The number of rotatable bonds is 3. The minimum absolute atomic E-state index is 0.0103. The number of carbonyl (C=O) groups excluding carboxylic acids is 1. The Morgan fingerprint density at radius 1 is 1.55 bits per heavy atom. The second-order valence-electron chi connectivity index (χ2n) is 6.10. The van der Waals surface area contributed by atoms with E-state index in [0.717, 1.165) is 30.2 Å². The smallest absolute Gasteiger partial charge is 0.261 e. The molecule has 5 heteroatoms. The molecule has 0 saturated carbocycles. The molecular formula is C15H22N2O2S. The Bertz CT molecular complexity index is 500. The van der Waals surface area contributed by atoms with Gasteiger partial charge in [0.15, 0.2) is 0 Å². The zero-order valence-corrected chi connectivity index (χ0v) is 12.6. The monoisotopic (exact) mass is 294 g/mol. The largest absolute Gasteiger partial charge is 0.391 e. The number of amides is 1. The fourth-order valence-electron chi connectivity index (χ4n) is 3.06. The van der Waals surface area contributed by atoms with Crippen LogP contribution in [0.5, 0.6) is 0 Å². The Hall–Kier alpha value is -0.910. The van der Waals surface area contributed by atoms with Crippen LogP contribution in [0.3, 0.4) is 0 Å². The Morgan fingerprint density at radius 3 is 3.15 bits per heavy atom. The lowest BCUT2D eigenvalue weighted by Crippen LogP contribution is -2.34. The lowest BCUT2D eigenvalue weighted by atomic mass is 9.90. The Labute approximate surface area is 123 Å². The number of thiophene rings is 1. The zero-order chi connectivity index (χ0) is 14.1. The molecule has 0 radical (unpaired) electrons. The van der Waals surface area contributed by atoms with Crippen molar-refractivity contribution in [1.82, 2.24) is 10.6 Å². The van der Waals surface area contributed by atoms with Gasteiger partial charge in [-0.2, -0.15) is 0 Å². The van der Waals surface area contributed by atoms with Gasteiger partial charge in [0, 0.05) is 30.4 Å². The lowest BCUT2D eigenvalue weighted by molar-refractivity contribution is 0.0931. The predicted molar refractivity (Wildman–Crippen MR) is 80.2 cm³/mol. The van der Waals surface area contributed by atoms with E-state index < -0.39 is 0 Å². The van der Waals surface area contributed by atoms with Crippen LogP contribution in [0, 0.1) is 11.8 Å². The maximum Gasteiger partial charge on any atom is 0.261 e. The number of aliphatic hydroxyl groups excluding tert-OH is 1. The summed E-state index contributed by atoms with van der Waals surface area (Å²) in [5, 5.41) is 15.8. The highest BCUT2D eigenvalue weighted by atomic mass is 32.1. The summed E-state index contributed by atoms with van der Waals surface area (Å²) in [6, 6.07) is 2.06. The molecule has 1 aromatic rings. The lowest BCUT2D eigenvalue weighted by Gasteiger charge is -2.16. The summed E-state index contributed by atoms with van der Waals surface area (Å²) in [4.78, 5) is 14.4. The first-order chi connectivity index (χ1) is 9.63. The van der Waals surface area contributed by atoms with Crippen molar-refractivity contribution in [3.63, 3.8) is 0 Å². The van der Waals surface area contributed by atoms with Crippen LogP contribution < -0.4 is 10.6 Å². The van der Waals surface area contributed by atoms with E-state index in [0.29, 0.717) is 13.1 Å². The van der Waals surface area contributed by atoms with Gasteiger partial charge in [-0.25, -0.2) is 0 Å². The van der Waals surface area contributed by atoms with Crippen LogP contribution in [0.1, 0.15) is 33.5 Å². The number of β-amino-alcohol motifs (C(OH)–C–C–N with tert-alkyl or cyclic N) is 1. The van der Waals surface area contributed by atoms with E-state index in [9.17, 15) is 9.90 Å². The molecule has 3 unspecified atom stereocenters. The van der Waals surface area contributed by atoms with Crippen molar-refractivity contribution >= 4 is 17.2 Å². The van der Waals surface area contributed by atoms with Crippen molar-refractivity contribution in [1.29, 1.82) is 0 Å². The van der Waals surface area contributed by atoms with Gasteiger partial charge >= 0.3 is 0 Å². The molecule has 1 aliphatic carbocycles. The van der Waals surface area contributed by atoms with Gasteiger partial charge in [-0.05, 0) is 36.8 Å². The molecule has 1 fully saturated rings. The van der Waals surface area contributed by atoms with Crippen molar-refractivity contribution in [3.8, 4) is 0 Å². The van der Waals surface area contributed by atoms with E-state index in [1.807, 2.05) is 0 Å². The number of nitrogens with one attached hydrogen (secondary N) is 2. The van der Waals surface area contributed by atoms with Crippen LogP contribution >= 0.6 is 11.3 Å². The van der Waals surface area contributed by atoms with Gasteiger partial charge in [0.1, 0.15) is 0 Å². The molecule has 0 spiro atoms. The molecule has 1 aromatic heterocycles. The van der Waals surface area contributed by atoms with Gasteiger partial charge in [-0.1, -0.05) is 6.92 Å². The summed E-state index contributed by atoms with van der Waals surface area (Å²) in [5.41, 5.74) is 1.36. The molecule has 4 nitrogen and oxygen atoms in total. The van der Waals surface area contributed by atoms with Crippen LogP contribution in [0.4, 0.5) is 0 Å². The predicted octanol–water partition coefficient (Wildman–Crippen LogP) is 1.18. The summed E-state index contributed by atoms with van der Waals surface area (Å²) >= 11 is 1.64. The normalized spacial score (nSPS) is 29.2. The summed E-state index contributed by atoms with van der Waals surface area (Å²) in [6.45, 7) is 4.23. The molecule has 1 amide bonds. The second kappa shape index (κ2) is 5.84. The molecule has 20 heavy (non-hydrogen) atoms. The van der Waals surface area contributed by atoms with E-state index in [2.05, 4.69) is 23.6 Å². The number of hydrogen-bond acceptors (Lipinski definition) is 4. The fourth-order valence-corrected chi connectivity index (χ4v) is 4.18. The minimum Gasteiger partial charge on any atom is -0.391 e. The Balaban J connectivity index is 1.60. The number of aliphatic hydroxyl groups is 1. The van der Waals surface area contributed by atoms with E-state index in [1.54, 1.807) is 11.3 Å². The third kappa shape index (κ3) is 2.90. The van der Waals surface area contributed by atoms with Crippen LogP contribution in [0.2, 0.25) is 0 Å². The quantitative estimate of drug-likeness (QED) is 0.784. The first-order valence-corrected chi connectivity index (χ1v) is 8.23. The third-order valence-corrected chi connectivity index (χ3v) is 5.62. The highest BCUT2D eigenvalue weighted by Gasteiger charge is 2.26. The van der Waals surface area contributed by atoms with Crippen molar-refractivity contribution in [2.24, 2.45) is 11.8 Å². The van der Waals surface area contributed by atoms with Crippen LogP contribution in [0.25, 0.3) is 0 Å². The number of carbonyl (C=O) groups is 1. The molecule has 3 rings (SSSR count). The standard InChI is InChI=1S/C15H22N2O2S/c1-9-2-3-13-10(4-9)5-14(20-13)15(19)17-7-11-6-16-8-12(11)18/h5,9,11-12,16,18H,2-4,6-8H2,1H3,(H,17,19). The SMILES string of the molecule is CC1CCc2sc(C(=O)NCC3CNCC3O)cc2C1. The maximum absolute atomic E-state index is 12.2. The van der Waals surface area contributed by atoms with Crippen LogP contribution in [-0.2, 0) is 12.8 Å². The van der Waals surface area contributed by atoms with Crippen molar-refractivity contribution < 1.29 is 9.90 Å². The maximum atomic E-state index is 12.2. The van der Waals surface area contributed by atoms with Gasteiger partial charge in [0.2, 0.25) is 0 Å². The molecule has 1 aliphatic heterocycles. The number of aryl methyl sites for hydroxylation is 1. The molecule has 0 aromatic carbocycles. The van der Waals surface area contributed by atoms with Crippen molar-refractivity contribution in [2.45, 2.75) is 32.3 Å². The van der Waals surface area contributed by atoms with Gasteiger partial charge in [0.25, 0.3) is 5.91 Å². The van der Waals surface area contributed by atoms with Gasteiger partial charge in [-0.3, -0.25) is 4.79 Å². The van der Waals surface area contributed by atoms with Gasteiger partial charge in [-0.15, -0.1) is 11.3 Å². The molecule has 0 bridgehead atoms. The third-order valence-electron chi connectivity index (χ3n) is 4.38. The van der Waals surface area contributed by atoms with E-state index >= 15 is 0 Å². The number of fused-ring (bicyclic) bond motifs is 1. The van der Waals surface area contributed by atoms with Crippen LogP contribution in [-0.4, -0.2) is 36.8 Å². The zero-order valence-electron chi connectivity index (χ0n) is 11.8. The summed E-state index contributed by atoms with van der Waals surface area (Å²) < 4.78 is 0. The first-order valence-electron chi connectivity index (χ1n) is 7.42. The average Bonchev–Trinajstić information content (AvgIpc) is 3.01. The van der Waals surface area contributed by atoms with E-state index in [1.165, 1.54) is 16.9 Å². The van der Waals surface area contributed by atoms with Gasteiger partial charge in [0.05, 0.1) is 11.0 Å². The molecule has 3 atom stereocenters. The van der Waals surface area contributed by atoms with Gasteiger partial charge < -0.3 is 15.7 Å². The summed E-state index contributed by atoms with van der Waals surface area (Å²) in [7, 11) is 0. The topological polar surface area (TPSA) is 61.4 Å². The molecule has 110 valence electrons. The molecule has 1 saturated heterocycles. The van der Waals surface area contributed by atoms with Crippen molar-refractivity contribution in [2.75, 3.05) is 19.6 Å². The Kier molecular flexibility index (Phi) is 4.10. The van der Waals surface area contributed by atoms with Crippen LogP contribution in [0.15, 0.2) is 6.07 Å². The Morgan fingerprint density at radius 2 is 2.40 bits per heavy atom. The van der Waals surface area contributed by atoms with E-state index in [4.69, 9.17) is 0 Å². The summed E-state index contributed by atoms with van der Waals surface area (Å²) in [5.74, 6) is 0.873. The van der Waals surface area contributed by atoms with E-state index in [-0.39, 0.29) is 17.9 Å².